The molecule has 0 spiro atoms. The van der Waals surface area contributed by atoms with E-state index in [1.807, 2.05) is 25.1 Å². The molecular weight excluding hydrogens is 205 g/mol. The van der Waals surface area contributed by atoms with Gasteiger partial charge in [0.05, 0.1) is 7.11 Å². The van der Waals surface area contributed by atoms with Gasteiger partial charge in [-0.05, 0) is 42.8 Å². The third-order valence-electron chi connectivity index (χ3n) is 1.92. The van der Waals surface area contributed by atoms with Gasteiger partial charge in [0.1, 0.15) is 11.6 Å². The van der Waals surface area contributed by atoms with Crippen molar-refractivity contribution in [1.29, 1.82) is 0 Å². The summed E-state index contributed by atoms with van der Waals surface area (Å²) in [7, 11) is 1.57. The smallest absolute Gasteiger partial charge is 0.123 e. The highest BCUT2D eigenvalue weighted by atomic mass is 19.1. The molecule has 0 saturated carbocycles. The monoisotopic (exact) mass is 219 g/mol. The molecule has 0 amide bonds. The van der Waals surface area contributed by atoms with Gasteiger partial charge >= 0.3 is 0 Å². The Morgan fingerprint density at radius 3 is 2.19 bits per heavy atom. The Balaban J connectivity index is 0.000000181. The van der Waals surface area contributed by atoms with Gasteiger partial charge in [0.25, 0.3) is 0 Å². The van der Waals surface area contributed by atoms with E-state index in [-0.39, 0.29) is 5.82 Å². The van der Waals surface area contributed by atoms with Crippen molar-refractivity contribution in [2.45, 2.75) is 6.92 Å². The minimum absolute atomic E-state index is 0.224. The molecule has 0 aliphatic heterocycles. The van der Waals surface area contributed by atoms with Gasteiger partial charge < -0.3 is 4.74 Å². The van der Waals surface area contributed by atoms with Gasteiger partial charge in [0.2, 0.25) is 0 Å². The fourth-order valence-electron chi connectivity index (χ4n) is 1.15. The number of rotatable bonds is 1. The first kappa shape index (κ1) is 12.2. The van der Waals surface area contributed by atoms with Crippen LogP contribution in [0.3, 0.4) is 0 Å². The molecule has 1 heterocycles. The van der Waals surface area contributed by atoms with Crippen molar-refractivity contribution >= 4 is 0 Å². The molecule has 0 aliphatic rings. The highest BCUT2D eigenvalue weighted by Gasteiger charge is 1.96. The van der Waals surface area contributed by atoms with Crippen LogP contribution in [0, 0.1) is 12.7 Å². The second kappa shape index (κ2) is 6.56. The van der Waals surface area contributed by atoms with E-state index in [1.54, 1.807) is 25.6 Å². The van der Waals surface area contributed by atoms with Crippen molar-refractivity contribution in [3.8, 4) is 5.75 Å². The fourth-order valence-corrected chi connectivity index (χ4v) is 1.15. The Hall–Kier alpha value is -1.90. The number of pyridine rings is 1. The van der Waals surface area contributed by atoms with Crippen LogP contribution in [0.15, 0.2) is 48.8 Å². The normalized spacial score (nSPS) is 8.94. The second-order valence-corrected chi connectivity index (χ2v) is 3.14. The summed E-state index contributed by atoms with van der Waals surface area (Å²) in [6.45, 7) is 1.81. The minimum atomic E-state index is -0.224. The van der Waals surface area contributed by atoms with E-state index in [9.17, 15) is 4.39 Å². The highest BCUT2D eigenvalue weighted by molar-refractivity contribution is 5.32. The molecule has 0 saturated heterocycles. The Bertz CT molecular complexity index is 391. The van der Waals surface area contributed by atoms with Crippen molar-refractivity contribution in [3.63, 3.8) is 0 Å². The number of aromatic nitrogens is 1. The van der Waals surface area contributed by atoms with Crippen LogP contribution < -0.4 is 4.74 Å². The Labute approximate surface area is 94.7 Å². The van der Waals surface area contributed by atoms with Crippen LogP contribution in [0.2, 0.25) is 0 Å². The van der Waals surface area contributed by atoms with Crippen LogP contribution in [-0.2, 0) is 0 Å². The van der Waals surface area contributed by atoms with Crippen molar-refractivity contribution < 1.29 is 9.13 Å². The van der Waals surface area contributed by atoms with Gasteiger partial charge in [-0.2, -0.15) is 0 Å². The number of hydrogen-bond donors (Lipinski definition) is 0. The fraction of sp³-hybridized carbons (Fsp3) is 0.154. The topological polar surface area (TPSA) is 22.1 Å². The first-order chi connectivity index (χ1) is 7.74. The molecule has 0 atom stereocenters. The molecule has 2 aromatic rings. The van der Waals surface area contributed by atoms with Crippen molar-refractivity contribution in [2.24, 2.45) is 0 Å². The lowest BCUT2D eigenvalue weighted by Crippen LogP contribution is -1.86. The second-order valence-electron chi connectivity index (χ2n) is 3.14. The number of ether oxygens (including phenoxy) is 1. The Morgan fingerprint density at radius 2 is 1.81 bits per heavy atom. The number of aryl methyl sites for hydroxylation is 1. The lowest BCUT2D eigenvalue weighted by molar-refractivity contribution is 0.410. The van der Waals surface area contributed by atoms with E-state index >= 15 is 0 Å². The summed E-state index contributed by atoms with van der Waals surface area (Å²) in [5.41, 5.74) is 0.822. The zero-order chi connectivity index (χ0) is 11.8. The maximum Gasteiger partial charge on any atom is 0.123 e. The molecule has 3 heteroatoms. The first-order valence-electron chi connectivity index (χ1n) is 4.89. The average Bonchev–Trinajstić information content (AvgIpc) is 2.32. The molecule has 0 aliphatic carbocycles. The molecule has 0 N–H and O–H groups in total. The molecule has 0 fully saturated rings. The average molecular weight is 219 g/mol. The van der Waals surface area contributed by atoms with Crippen LogP contribution in [0.4, 0.5) is 4.39 Å². The van der Waals surface area contributed by atoms with Crippen LogP contribution in [0.25, 0.3) is 0 Å². The predicted molar refractivity (Wildman–Crippen MR) is 61.9 cm³/mol. The predicted octanol–water partition coefficient (Wildman–Crippen LogP) is 3.22. The Kier molecular flexibility index (Phi) is 4.99. The highest BCUT2D eigenvalue weighted by Crippen LogP contribution is 2.16. The standard InChI is InChI=1S/C8H9FO.C5H5N/c1-6-5-7(9)3-4-8(6)10-2;1-2-4-6-5-3-1/h3-5H,1-2H3;1-5H. The van der Waals surface area contributed by atoms with Crippen molar-refractivity contribution in [2.75, 3.05) is 7.11 Å². The van der Waals surface area contributed by atoms with Gasteiger partial charge in [-0.15, -0.1) is 0 Å². The van der Waals surface area contributed by atoms with E-state index in [0.717, 1.165) is 11.3 Å². The van der Waals surface area contributed by atoms with Crippen molar-refractivity contribution in [3.05, 3.63) is 60.2 Å². The summed E-state index contributed by atoms with van der Waals surface area (Å²) in [5.74, 6) is 0.500. The molecule has 84 valence electrons. The number of methoxy groups -OCH3 is 1. The molecule has 0 unspecified atom stereocenters. The zero-order valence-electron chi connectivity index (χ0n) is 9.35. The SMILES string of the molecule is COc1ccc(F)cc1C.c1ccncc1. The van der Waals surface area contributed by atoms with Crippen LogP contribution in [0.5, 0.6) is 5.75 Å². The largest absolute Gasteiger partial charge is 0.496 e. The minimum Gasteiger partial charge on any atom is -0.496 e. The van der Waals surface area contributed by atoms with Gasteiger partial charge in [-0.3, -0.25) is 4.98 Å². The third-order valence-corrected chi connectivity index (χ3v) is 1.92. The van der Waals surface area contributed by atoms with E-state index in [4.69, 9.17) is 4.74 Å². The molecule has 0 bridgehead atoms. The molecular formula is C13H14FNO. The number of benzene rings is 1. The maximum atomic E-state index is 12.4. The van der Waals surface area contributed by atoms with Gasteiger partial charge in [-0.25, -0.2) is 4.39 Å². The van der Waals surface area contributed by atoms with Crippen LogP contribution in [-0.4, -0.2) is 12.1 Å². The van der Waals surface area contributed by atoms with Gasteiger partial charge in [0, 0.05) is 12.4 Å². The molecule has 16 heavy (non-hydrogen) atoms. The van der Waals surface area contributed by atoms with E-state index < -0.39 is 0 Å². The van der Waals surface area contributed by atoms with Crippen LogP contribution in [0.1, 0.15) is 5.56 Å². The third kappa shape index (κ3) is 4.09. The maximum absolute atomic E-state index is 12.4. The van der Waals surface area contributed by atoms with Gasteiger partial charge in [-0.1, -0.05) is 6.07 Å². The molecule has 1 aromatic heterocycles. The van der Waals surface area contributed by atoms with E-state index in [1.165, 1.54) is 12.1 Å². The molecule has 2 nitrogen and oxygen atoms in total. The molecule has 2 rings (SSSR count). The summed E-state index contributed by atoms with van der Waals surface area (Å²) in [6.07, 6.45) is 3.50. The molecule has 1 aromatic carbocycles. The summed E-state index contributed by atoms with van der Waals surface area (Å²) in [5, 5.41) is 0. The van der Waals surface area contributed by atoms with E-state index in [2.05, 4.69) is 4.98 Å². The number of hydrogen-bond acceptors (Lipinski definition) is 2. The number of nitrogens with zero attached hydrogens (tertiary/aromatic N) is 1. The van der Waals surface area contributed by atoms with Gasteiger partial charge in [0.15, 0.2) is 0 Å². The lowest BCUT2D eigenvalue weighted by Gasteiger charge is -2.01. The van der Waals surface area contributed by atoms with Crippen molar-refractivity contribution in [1.82, 2.24) is 4.98 Å². The van der Waals surface area contributed by atoms with Crippen LogP contribution >= 0.6 is 0 Å². The summed E-state index contributed by atoms with van der Waals surface area (Å²) >= 11 is 0. The van der Waals surface area contributed by atoms with E-state index in [0.29, 0.717) is 0 Å². The summed E-state index contributed by atoms with van der Waals surface area (Å²) in [6, 6.07) is 10.2. The quantitative estimate of drug-likeness (QED) is 0.734. The zero-order valence-corrected chi connectivity index (χ0v) is 9.35. The summed E-state index contributed by atoms with van der Waals surface area (Å²) in [4.78, 5) is 3.78. The lowest BCUT2D eigenvalue weighted by atomic mass is 10.2. The first-order valence-corrected chi connectivity index (χ1v) is 4.89. The Morgan fingerprint density at radius 1 is 1.12 bits per heavy atom. The number of halogens is 1. The molecule has 0 radical (unpaired) electrons. The summed E-state index contributed by atoms with van der Waals surface area (Å²) < 4.78 is 17.4.